The highest BCUT2D eigenvalue weighted by molar-refractivity contribution is 9.11. The van der Waals surface area contributed by atoms with Crippen molar-refractivity contribution in [2.24, 2.45) is 0 Å². The number of fused-ring (bicyclic) bond motifs is 2. The predicted octanol–water partition coefficient (Wildman–Crippen LogP) is 0.476. The molecule has 7 heteroatoms. The standard InChI is InChI=1S/C9H8BrClO5/c1-15-6(12)8(11)3-4-2-5(10)9(8,14)7(13)16-4/h2,4,14H,3H2,1H3/t4?,8-,9?/m0/s1. The van der Waals surface area contributed by atoms with Gasteiger partial charge in [-0.1, -0.05) is 15.9 Å². The number of ether oxygens (including phenoxy) is 2. The summed E-state index contributed by atoms with van der Waals surface area (Å²) in [6.07, 6.45) is 0.858. The summed E-state index contributed by atoms with van der Waals surface area (Å²) in [5, 5.41) is 10.3. The van der Waals surface area contributed by atoms with Crippen molar-refractivity contribution in [1.82, 2.24) is 0 Å². The zero-order chi connectivity index (χ0) is 12.1. The monoisotopic (exact) mass is 310 g/mol. The van der Waals surface area contributed by atoms with Crippen LogP contribution in [0.25, 0.3) is 0 Å². The quantitative estimate of drug-likeness (QED) is 0.563. The molecule has 1 N–H and O–H groups in total. The van der Waals surface area contributed by atoms with E-state index in [0.29, 0.717) is 0 Å². The molecule has 2 heterocycles. The number of alkyl halides is 1. The minimum Gasteiger partial charge on any atom is -0.468 e. The predicted molar refractivity (Wildman–Crippen MR) is 57.1 cm³/mol. The van der Waals surface area contributed by atoms with E-state index in [4.69, 9.17) is 16.3 Å². The molecule has 3 rings (SSSR count). The average Bonchev–Trinajstić information content (AvgIpc) is 2.22. The van der Waals surface area contributed by atoms with Crippen molar-refractivity contribution in [3.05, 3.63) is 10.6 Å². The Labute approximate surface area is 104 Å². The van der Waals surface area contributed by atoms with Crippen molar-refractivity contribution in [1.29, 1.82) is 0 Å². The molecular weight excluding hydrogens is 303 g/mol. The molecule has 5 nitrogen and oxygen atoms in total. The molecule has 2 bridgehead atoms. The van der Waals surface area contributed by atoms with Gasteiger partial charge in [-0.3, -0.25) is 4.79 Å². The normalized spacial score (nSPS) is 41.4. The van der Waals surface area contributed by atoms with E-state index in [-0.39, 0.29) is 10.9 Å². The summed E-state index contributed by atoms with van der Waals surface area (Å²) in [4.78, 5) is 21.4. The minimum absolute atomic E-state index is 0.0153. The van der Waals surface area contributed by atoms with Crippen molar-refractivity contribution in [3.63, 3.8) is 0 Å². The highest BCUT2D eigenvalue weighted by Crippen LogP contribution is 2.50. The molecule has 0 radical (unpaired) electrons. The van der Waals surface area contributed by atoms with E-state index in [1.165, 1.54) is 6.08 Å². The van der Waals surface area contributed by atoms with Crippen LogP contribution in [0.5, 0.6) is 0 Å². The SMILES string of the molecule is COC(=O)[C@@]1(Cl)CC2C=C(Br)C1(O)C(=O)O2. The lowest BCUT2D eigenvalue weighted by atomic mass is 9.75. The smallest absolute Gasteiger partial charge is 0.346 e. The van der Waals surface area contributed by atoms with E-state index in [0.717, 1.165) is 7.11 Å². The molecule has 3 aliphatic rings. The molecular formula is C9H8BrClO5. The average molecular weight is 312 g/mol. The molecule has 1 aliphatic carbocycles. The van der Waals surface area contributed by atoms with Gasteiger partial charge >= 0.3 is 11.9 Å². The third kappa shape index (κ3) is 1.20. The Hall–Kier alpha value is -0.590. The van der Waals surface area contributed by atoms with Crippen LogP contribution in [0.1, 0.15) is 6.42 Å². The lowest BCUT2D eigenvalue weighted by Crippen LogP contribution is -2.68. The summed E-state index contributed by atoms with van der Waals surface area (Å²) in [6.45, 7) is 0. The van der Waals surface area contributed by atoms with Crippen LogP contribution in [0.15, 0.2) is 10.6 Å². The summed E-state index contributed by atoms with van der Waals surface area (Å²) in [5.41, 5.74) is -2.21. The third-order valence-corrected chi connectivity index (χ3v) is 4.22. The molecule has 0 saturated carbocycles. The number of methoxy groups -OCH3 is 1. The van der Waals surface area contributed by atoms with Gasteiger partial charge in [0.05, 0.1) is 7.11 Å². The second kappa shape index (κ2) is 3.45. The zero-order valence-electron chi connectivity index (χ0n) is 8.20. The molecule has 16 heavy (non-hydrogen) atoms. The van der Waals surface area contributed by atoms with Gasteiger partial charge in [-0.2, -0.15) is 0 Å². The molecule has 0 aromatic heterocycles. The number of hydrogen-bond acceptors (Lipinski definition) is 5. The summed E-state index contributed by atoms with van der Waals surface area (Å²) in [7, 11) is 1.14. The van der Waals surface area contributed by atoms with E-state index in [1.807, 2.05) is 0 Å². The number of carbonyl (C=O) groups excluding carboxylic acids is 2. The molecule has 1 fully saturated rings. The highest BCUT2D eigenvalue weighted by Gasteiger charge is 2.69. The molecule has 3 atom stereocenters. The molecule has 1 saturated heterocycles. The summed E-state index contributed by atoms with van der Waals surface area (Å²) in [5.74, 6) is -1.80. The first-order chi connectivity index (χ1) is 7.36. The zero-order valence-corrected chi connectivity index (χ0v) is 10.5. The fourth-order valence-electron chi connectivity index (χ4n) is 1.91. The van der Waals surface area contributed by atoms with E-state index < -0.39 is 28.5 Å². The van der Waals surface area contributed by atoms with Crippen LogP contribution < -0.4 is 0 Å². The second-order valence-corrected chi connectivity index (χ2v) is 5.17. The van der Waals surface area contributed by atoms with Crippen LogP contribution in [0.4, 0.5) is 0 Å². The lowest BCUT2D eigenvalue weighted by Gasteiger charge is -2.47. The summed E-state index contributed by atoms with van der Waals surface area (Å²) < 4.78 is 9.51. The van der Waals surface area contributed by atoms with Gasteiger partial charge in [0.15, 0.2) is 4.87 Å². The number of hydrogen-bond donors (Lipinski definition) is 1. The first-order valence-electron chi connectivity index (χ1n) is 4.45. The number of rotatable bonds is 1. The van der Waals surface area contributed by atoms with Crippen LogP contribution in [0, 0.1) is 0 Å². The topological polar surface area (TPSA) is 72.8 Å². The Morgan fingerprint density at radius 2 is 2.44 bits per heavy atom. The molecule has 0 aromatic rings. The van der Waals surface area contributed by atoms with Gasteiger partial charge in [-0.05, 0) is 6.08 Å². The van der Waals surface area contributed by atoms with Gasteiger partial charge < -0.3 is 14.6 Å². The van der Waals surface area contributed by atoms with E-state index in [9.17, 15) is 14.7 Å². The van der Waals surface area contributed by atoms with Crippen molar-refractivity contribution in [2.75, 3.05) is 7.11 Å². The van der Waals surface area contributed by atoms with Gasteiger partial charge in [-0.15, -0.1) is 11.6 Å². The fraction of sp³-hybridized carbons (Fsp3) is 0.556. The van der Waals surface area contributed by atoms with Crippen molar-refractivity contribution >= 4 is 39.5 Å². The Kier molecular flexibility index (Phi) is 2.56. The number of esters is 2. The van der Waals surface area contributed by atoms with Gasteiger partial charge in [0, 0.05) is 10.9 Å². The molecule has 0 amide bonds. The Balaban J connectivity index is 2.57. The van der Waals surface area contributed by atoms with Crippen LogP contribution in [-0.2, 0) is 19.1 Å². The third-order valence-electron chi connectivity index (χ3n) is 2.80. The molecule has 0 spiro atoms. The maximum absolute atomic E-state index is 11.6. The maximum atomic E-state index is 11.6. The van der Waals surface area contributed by atoms with Gasteiger partial charge in [0.1, 0.15) is 6.10 Å². The number of aliphatic hydroxyl groups is 1. The fourth-order valence-corrected chi connectivity index (χ4v) is 3.22. The largest absolute Gasteiger partial charge is 0.468 e. The van der Waals surface area contributed by atoms with Crippen LogP contribution in [0.3, 0.4) is 0 Å². The van der Waals surface area contributed by atoms with Gasteiger partial charge in [0.2, 0.25) is 5.60 Å². The maximum Gasteiger partial charge on any atom is 0.346 e. The summed E-state index contributed by atoms with van der Waals surface area (Å²) in [6, 6.07) is 0. The molecule has 2 unspecified atom stereocenters. The molecule has 0 aromatic carbocycles. The second-order valence-electron chi connectivity index (χ2n) is 3.67. The minimum atomic E-state index is -2.21. The Morgan fingerprint density at radius 1 is 1.81 bits per heavy atom. The Bertz CT molecular complexity index is 409. The lowest BCUT2D eigenvalue weighted by molar-refractivity contribution is -0.189. The van der Waals surface area contributed by atoms with Crippen LogP contribution in [0.2, 0.25) is 0 Å². The number of halogens is 2. The summed E-state index contributed by atoms with van der Waals surface area (Å²) >= 11 is 9.09. The van der Waals surface area contributed by atoms with Gasteiger partial charge in [0.25, 0.3) is 0 Å². The van der Waals surface area contributed by atoms with Crippen molar-refractivity contribution in [2.45, 2.75) is 23.0 Å². The molecule has 2 aliphatic heterocycles. The van der Waals surface area contributed by atoms with E-state index in [2.05, 4.69) is 20.7 Å². The van der Waals surface area contributed by atoms with Crippen LogP contribution >= 0.6 is 27.5 Å². The van der Waals surface area contributed by atoms with E-state index in [1.54, 1.807) is 0 Å². The van der Waals surface area contributed by atoms with Crippen molar-refractivity contribution < 1.29 is 24.2 Å². The first-order valence-corrected chi connectivity index (χ1v) is 5.62. The number of carbonyl (C=O) groups is 2. The van der Waals surface area contributed by atoms with Crippen molar-refractivity contribution in [3.8, 4) is 0 Å². The Morgan fingerprint density at radius 3 is 2.94 bits per heavy atom. The molecule has 88 valence electrons. The van der Waals surface area contributed by atoms with Gasteiger partial charge in [-0.25, -0.2) is 4.79 Å². The first kappa shape index (κ1) is 11.9. The van der Waals surface area contributed by atoms with Crippen LogP contribution in [-0.4, -0.2) is 40.7 Å². The highest BCUT2D eigenvalue weighted by atomic mass is 79.9. The van der Waals surface area contributed by atoms with E-state index >= 15 is 0 Å².